The lowest BCUT2D eigenvalue weighted by molar-refractivity contribution is -0.173. The summed E-state index contributed by atoms with van der Waals surface area (Å²) in [6, 6.07) is 9.35. The maximum Gasteiger partial charge on any atom is 0.352 e. The Morgan fingerprint density at radius 2 is 1.63 bits per heavy atom. The molecule has 8 rings (SSSR count). The Hall–Kier alpha value is -2.91. The van der Waals surface area contributed by atoms with Gasteiger partial charge in [0.25, 0.3) is 0 Å². The Morgan fingerprint density at radius 3 is 2.28 bits per heavy atom. The van der Waals surface area contributed by atoms with Crippen LogP contribution in [0.4, 0.5) is 0 Å². The smallest absolute Gasteiger partial charge is 0.352 e. The molecule has 4 aliphatic carbocycles. The largest absolute Gasteiger partial charge is 0.463 e. The van der Waals surface area contributed by atoms with Crippen molar-refractivity contribution < 1.29 is 14.0 Å². The molecule has 0 unspecified atom stereocenters. The number of benzene rings is 1. The van der Waals surface area contributed by atoms with Gasteiger partial charge in [0.15, 0.2) is 8.32 Å². The number of carbonyl (C=O) groups is 1. The van der Waals surface area contributed by atoms with E-state index in [2.05, 4.69) is 72.0 Å². The minimum atomic E-state index is -2.14. The van der Waals surface area contributed by atoms with Crippen molar-refractivity contribution in [2.24, 2.45) is 28.6 Å². The number of aromatic nitrogens is 3. The second kappa shape index (κ2) is 9.81. The van der Waals surface area contributed by atoms with Crippen LogP contribution in [0.3, 0.4) is 0 Å². The Balaban J connectivity index is 1.46. The normalized spacial score (nSPS) is 38.1. The standard InChI is InChI=1S/C37H51N3O5Si/c1-24(44-25(2)41)28-15-16-29-34(28,6)19-18-30-35(7)20-17-27(45-46(8,9)33(3,4)5)23-36(35)21-22-37(29,30)40-32(43)38(31(42)39(36)40)26-13-11-10-12-14-26/h10-14,17,20-22,24,27-30H,15-16,18-19,23H2,1-9H3/t24-,27+,28-,29-,30-,34-,35-,36-,37+/m1/s1. The molecule has 1 aromatic carbocycles. The lowest BCUT2D eigenvalue weighted by Gasteiger charge is -2.70. The van der Waals surface area contributed by atoms with Gasteiger partial charge in [-0.05, 0) is 80.1 Å². The van der Waals surface area contributed by atoms with E-state index in [4.69, 9.17) is 9.16 Å². The molecule has 248 valence electrons. The van der Waals surface area contributed by atoms with Crippen LogP contribution in [-0.4, -0.2) is 40.4 Å². The third-order valence-electron chi connectivity index (χ3n) is 13.8. The molecule has 6 aliphatic rings. The van der Waals surface area contributed by atoms with E-state index < -0.39 is 24.8 Å². The van der Waals surface area contributed by atoms with Gasteiger partial charge in [0.2, 0.25) is 0 Å². The number of para-hydroxylation sites is 1. The van der Waals surface area contributed by atoms with Gasteiger partial charge in [-0.3, -0.25) is 4.79 Å². The molecule has 2 bridgehead atoms. The second-order valence-corrected chi connectivity index (χ2v) is 21.7. The summed E-state index contributed by atoms with van der Waals surface area (Å²) in [6.07, 6.45) is 13.2. The molecule has 46 heavy (non-hydrogen) atoms. The molecule has 2 spiro atoms. The molecule has 8 nitrogen and oxygen atoms in total. The van der Waals surface area contributed by atoms with Crippen LogP contribution in [0.2, 0.25) is 18.1 Å². The number of hydrogen-bond acceptors (Lipinski definition) is 5. The molecular formula is C37H51N3O5Si. The number of allylic oxidation sites excluding steroid dienone is 3. The van der Waals surface area contributed by atoms with Crippen LogP contribution in [0, 0.1) is 28.6 Å². The molecule has 2 fully saturated rings. The predicted octanol–water partition coefficient (Wildman–Crippen LogP) is 6.53. The topological polar surface area (TPSA) is 84.5 Å². The summed E-state index contributed by atoms with van der Waals surface area (Å²) in [5.41, 5.74) is -2.01. The number of ether oxygens (including phenoxy) is 1. The van der Waals surface area contributed by atoms with Gasteiger partial charge in [-0.2, -0.15) is 0 Å². The molecule has 0 saturated heterocycles. The fourth-order valence-electron chi connectivity index (χ4n) is 10.7. The fourth-order valence-corrected chi connectivity index (χ4v) is 12.0. The molecule has 2 saturated carbocycles. The van der Waals surface area contributed by atoms with Gasteiger partial charge in [-0.15, -0.1) is 0 Å². The minimum absolute atomic E-state index is 0.0367. The SMILES string of the molecule is CC(=O)O[C@H](C)[C@H]1CC[C@@H]2[C@]1(C)CC[C@H]1[C@]23C=C[C@]2(C[C@@H](O[Si](C)(C)C(C)(C)C)C=C[C@]12C)n1c(=O)n(-c2ccccc2)c(=O)n13. The molecule has 0 N–H and O–H groups in total. The van der Waals surface area contributed by atoms with Crippen LogP contribution in [0.1, 0.15) is 80.6 Å². The zero-order valence-corrected chi connectivity index (χ0v) is 30.0. The molecular weight excluding hydrogens is 595 g/mol. The molecule has 0 amide bonds. The fraction of sp³-hybridized carbons (Fsp3) is 0.649. The Kier molecular flexibility index (Phi) is 6.76. The van der Waals surface area contributed by atoms with Gasteiger partial charge in [0.05, 0.1) is 22.9 Å². The van der Waals surface area contributed by atoms with Gasteiger partial charge in [0, 0.05) is 24.7 Å². The van der Waals surface area contributed by atoms with E-state index in [1.807, 2.05) is 46.6 Å². The maximum absolute atomic E-state index is 14.9. The summed E-state index contributed by atoms with van der Waals surface area (Å²) in [5.74, 6) is 0.117. The first-order chi connectivity index (χ1) is 21.4. The van der Waals surface area contributed by atoms with Gasteiger partial charge in [-0.25, -0.2) is 23.5 Å². The van der Waals surface area contributed by atoms with Crippen molar-refractivity contribution in [1.29, 1.82) is 0 Å². The van der Waals surface area contributed by atoms with Crippen LogP contribution in [0.5, 0.6) is 0 Å². The highest BCUT2D eigenvalue weighted by molar-refractivity contribution is 6.74. The van der Waals surface area contributed by atoms with Gasteiger partial charge < -0.3 is 9.16 Å². The van der Waals surface area contributed by atoms with Crippen LogP contribution in [-0.2, 0) is 25.0 Å². The van der Waals surface area contributed by atoms with E-state index in [1.54, 1.807) is 0 Å². The molecule has 9 heteroatoms. The third kappa shape index (κ3) is 3.84. The lowest BCUT2D eigenvalue weighted by Crippen LogP contribution is -2.76. The molecule has 9 atom stereocenters. The lowest BCUT2D eigenvalue weighted by atomic mass is 9.41. The summed E-state index contributed by atoms with van der Waals surface area (Å²) in [7, 11) is -2.14. The average Bonchev–Trinajstić information content (AvgIpc) is 3.47. The molecule has 2 aliphatic heterocycles. The van der Waals surface area contributed by atoms with E-state index >= 15 is 0 Å². The second-order valence-electron chi connectivity index (χ2n) is 16.9. The number of esters is 1. The van der Waals surface area contributed by atoms with Crippen molar-refractivity contribution >= 4 is 14.3 Å². The van der Waals surface area contributed by atoms with E-state index in [0.29, 0.717) is 12.1 Å². The Morgan fingerprint density at radius 1 is 0.957 bits per heavy atom. The quantitative estimate of drug-likeness (QED) is 0.210. The highest BCUT2D eigenvalue weighted by Gasteiger charge is 2.74. The summed E-state index contributed by atoms with van der Waals surface area (Å²) < 4.78 is 18.0. The van der Waals surface area contributed by atoms with Gasteiger partial charge >= 0.3 is 17.3 Å². The first-order valence-corrected chi connectivity index (χ1v) is 20.1. The number of nitrogens with zero attached hydrogens (tertiary/aromatic N) is 3. The third-order valence-corrected chi connectivity index (χ3v) is 18.3. The first-order valence-electron chi connectivity index (χ1n) is 17.2. The van der Waals surface area contributed by atoms with Crippen LogP contribution in [0.15, 0.2) is 64.2 Å². The zero-order chi connectivity index (χ0) is 33.2. The van der Waals surface area contributed by atoms with Crippen LogP contribution >= 0.6 is 0 Å². The monoisotopic (exact) mass is 645 g/mol. The van der Waals surface area contributed by atoms with Crippen LogP contribution in [0.25, 0.3) is 5.69 Å². The summed E-state index contributed by atoms with van der Waals surface area (Å²) in [6.45, 7) is 19.5. The molecule has 2 aromatic rings. The minimum Gasteiger partial charge on any atom is -0.463 e. The van der Waals surface area contributed by atoms with E-state index in [0.717, 1.165) is 25.7 Å². The van der Waals surface area contributed by atoms with Crippen molar-refractivity contribution in [2.75, 3.05) is 0 Å². The van der Waals surface area contributed by atoms with Crippen molar-refractivity contribution in [3.63, 3.8) is 0 Å². The highest BCUT2D eigenvalue weighted by Crippen LogP contribution is 2.73. The van der Waals surface area contributed by atoms with Gasteiger partial charge in [0.1, 0.15) is 6.10 Å². The first kappa shape index (κ1) is 31.7. The zero-order valence-electron chi connectivity index (χ0n) is 29.0. The van der Waals surface area contributed by atoms with Crippen molar-refractivity contribution in [3.8, 4) is 5.69 Å². The summed E-state index contributed by atoms with van der Waals surface area (Å²) in [4.78, 5) is 41.8. The number of fused-ring (bicyclic) bond motifs is 1. The predicted molar refractivity (Wildman–Crippen MR) is 182 cm³/mol. The van der Waals surface area contributed by atoms with E-state index in [1.165, 1.54) is 11.5 Å². The summed E-state index contributed by atoms with van der Waals surface area (Å²) in [5, 5.41) is 0.0367. The van der Waals surface area contributed by atoms with Crippen LogP contribution < -0.4 is 11.4 Å². The number of rotatable bonds is 5. The van der Waals surface area contributed by atoms with Crippen molar-refractivity contribution in [3.05, 3.63) is 75.6 Å². The highest BCUT2D eigenvalue weighted by atomic mass is 28.4. The molecule has 3 heterocycles. The Labute approximate surface area is 273 Å². The average molecular weight is 646 g/mol. The number of carbonyl (C=O) groups excluding carboxylic acids is 1. The maximum atomic E-state index is 14.9. The van der Waals surface area contributed by atoms with Gasteiger partial charge in [-0.1, -0.05) is 77.1 Å². The summed E-state index contributed by atoms with van der Waals surface area (Å²) >= 11 is 0. The molecule has 1 aromatic heterocycles. The Bertz CT molecular complexity index is 1760. The van der Waals surface area contributed by atoms with E-state index in [-0.39, 0.29) is 57.8 Å². The van der Waals surface area contributed by atoms with Crippen molar-refractivity contribution in [2.45, 2.75) is 122 Å². The van der Waals surface area contributed by atoms with Crippen molar-refractivity contribution in [1.82, 2.24) is 13.9 Å². The number of hydrogen-bond donors (Lipinski definition) is 0. The molecule has 0 radical (unpaired) electrons. The van der Waals surface area contributed by atoms with E-state index in [9.17, 15) is 14.4 Å².